The molecule has 1 atom stereocenters. The molecule has 3 rings (SSSR count). The van der Waals surface area contributed by atoms with E-state index in [2.05, 4.69) is 15.3 Å². The van der Waals surface area contributed by atoms with Gasteiger partial charge in [-0.05, 0) is 42.8 Å². The van der Waals surface area contributed by atoms with E-state index in [1.54, 1.807) is 6.07 Å². The van der Waals surface area contributed by atoms with Crippen LogP contribution in [0.2, 0.25) is 5.02 Å². The summed E-state index contributed by atoms with van der Waals surface area (Å²) in [6, 6.07) is 12.8. The molecule has 0 saturated carbocycles. The zero-order chi connectivity index (χ0) is 17.1. The Morgan fingerprint density at radius 3 is 2.71 bits per heavy atom. The summed E-state index contributed by atoms with van der Waals surface area (Å²) in [5, 5.41) is 1.22. The summed E-state index contributed by atoms with van der Waals surface area (Å²) in [6.45, 7) is 1.81. The van der Waals surface area contributed by atoms with E-state index in [1.807, 2.05) is 43.3 Å². The molecule has 0 aliphatic rings. The predicted molar refractivity (Wildman–Crippen MR) is 94.7 cm³/mol. The standard InChI is InChI=1S/C17H15ClN2O3S/c1-10(16(21)20-22-2)11-3-6-13(7-4-11)23-17-19-14-8-5-12(18)9-15(14)24-17/h3-10H,1-2H3,(H,20,21). The average molecular weight is 363 g/mol. The van der Waals surface area contributed by atoms with Crippen LogP contribution in [0.3, 0.4) is 0 Å². The van der Waals surface area contributed by atoms with Crippen LogP contribution in [0.15, 0.2) is 42.5 Å². The van der Waals surface area contributed by atoms with Crippen LogP contribution in [-0.2, 0) is 9.63 Å². The third-order valence-corrected chi connectivity index (χ3v) is 4.64. The maximum atomic E-state index is 11.8. The minimum Gasteiger partial charge on any atom is -0.431 e. The Bertz CT molecular complexity index is 864. The molecule has 3 aromatic rings. The third-order valence-electron chi connectivity index (χ3n) is 3.51. The molecule has 0 aliphatic heterocycles. The van der Waals surface area contributed by atoms with Gasteiger partial charge in [-0.1, -0.05) is 35.1 Å². The number of fused-ring (bicyclic) bond motifs is 1. The molecular weight excluding hydrogens is 348 g/mol. The maximum absolute atomic E-state index is 11.8. The van der Waals surface area contributed by atoms with Crippen LogP contribution in [0.25, 0.3) is 10.2 Å². The van der Waals surface area contributed by atoms with Crippen LogP contribution >= 0.6 is 22.9 Å². The van der Waals surface area contributed by atoms with Crippen molar-refractivity contribution in [2.24, 2.45) is 0 Å². The fourth-order valence-electron chi connectivity index (χ4n) is 2.19. The Labute approximate surface area is 148 Å². The lowest BCUT2D eigenvalue weighted by Gasteiger charge is -2.11. The van der Waals surface area contributed by atoms with E-state index in [9.17, 15) is 4.79 Å². The van der Waals surface area contributed by atoms with E-state index in [0.29, 0.717) is 16.0 Å². The average Bonchev–Trinajstić information content (AvgIpc) is 2.96. The monoisotopic (exact) mass is 362 g/mol. The lowest BCUT2D eigenvalue weighted by molar-refractivity contribution is -0.132. The molecule has 1 heterocycles. The molecule has 1 aromatic heterocycles. The zero-order valence-corrected chi connectivity index (χ0v) is 14.6. The van der Waals surface area contributed by atoms with E-state index in [4.69, 9.17) is 16.3 Å². The van der Waals surface area contributed by atoms with Gasteiger partial charge in [0.25, 0.3) is 11.1 Å². The molecule has 1 N–H and O–H groups in total. The summed E-state index contributed by atoms with van der Waals surface area (Å²) in [5.41, 5.74) is 4.04. The summed E-state index contributed by atoms with van der Waals surface area (Å²) >= 11 is 7.41. The molecule has 0 fully saturated rings. The van der Waals surface area contributed by atoms with E-state index < -0.39 is 0 Å². The van der Waals surface area contributed by atoms with Gasteiger partial charge in [0.1, 0.15) is 5.75 Å². The van der Waals surface area contributed by atoms with Gasteiger partial charge >= 0.3 is 0 Å². The van der Waals surface area contributed by atoms with Crippen molar-refractivity contribution in [3.8, 4) is 10.9 Å². The molecule has 7 heteroatoms. The first-order valence-corrected chi connectivity index (χ1v) is 8.43. The van der Waals surface area contributed by atoms with Gasteiger partial charge < -0.3 is 4.74 Å². The van der Waals surface area contributed by atoms with Gasteiger partial charge in [-0.15, -0.1) is 0 Å². The van der Waals surface area contributed by atoms with Gasteiger partial charge in [0.2, 0.25) is 0 Å². The second-order valence-corrected chi connectivity index (χ2v) is 6.58. The zero-order valence-electron chi connectivity index (χ0n) is 13.1. The summed E-state index contributed by atoms with van der Waals surface area (Å²) in [7, 11) is 1.41. The molecule has 2 aromatic carbocycles. The fourth-order valence-corrected chi connectivity index (χ4v) is 3.30. The summed E-state index contributed by atoms with van der Waals surface area (Å²) in [5.74, 6) is 0.140. The van der Waals surface area contributed by atoms with E-state index in [1.165, 1.54) is 18.4 Å². The summed E-state index contributed by atoms with van der Waals surface area (Å²) < 4.78 is 6.76. The van der Waals surface area contributed by atoms with Crippen LogP contribution in [0.4, 0.5) is 0 Å². The largest absolute Gasteiger partial charge is 0.431 e. The van der Waals surface area contributed by atoms with Crippen molar-refractivity contribution in [3.05, 3.63) is 53.1 Å². The van der Waals surface area contributed by atoms with E-state index >= 15 is 0 Å². The Hall–Kier alpha value is -2.15. The van der Waals surface area contributed by atoms with Crippen molar-refractivity contribution in [3.63, 3.8) is 0 Å². The molecule has 124 valence electrons. The predicted octanol–water partition coefficient (Wildman–Crippen LogP) is 4.52. The third kappa shape index (κ3) is 3.67. The van der Waals surface area contributed by atoms with Crippen molar-refractivity contribution in [1.82, 2.24) is 10.5 Å². The maximum Gasteiger partial charge on any atom is 0.279 e. The number of nitrogens with zero attached hydrogens (tertiary/aromatic N) is 1. The number of benzene rings is 2. The number of hydrogen-bond acceptors (Lipinski definition) is 5. The van der Waals surface area contributed by atoms with Crippen LogP contribution in [0.5, 0.6) is 10.9 Å². The number of hydroxylamine groups is 1. The van der Waals surface area contributed by atoms with Crippen LogP contribution in [0, 0.1) is 0 Å². The van der Waals surface area contributed by atoms with E-state index in [0.717, 1.165) is 15.8 Å². The lowest BCUT2D eigenvalue weighted by atomic mass is 10.0. The van der Waals surface area contributed by atoms with Crippen LogP contribution in [0.1, 0.15) is 18.4 Å². The summed E-state index contributed by atoms with van der Waals surface area (Å²) in [4.78, 5) is 20.8. The van der Waals surface area contributed by atoms with Crippen molar-refractivity contribution >= 4 is 39.1 Å². The van der Waals surface area contributed by atoms with Crippen molar-refractivity contribution in [1.29, 1.82) is 0 Å². The number of halogens is 1. The number of hydrogen-bond donors (Lipinski definition) is 1. The first-order valence-electron chi connectivity index (χ1n) is 7.23. The number of nitrogens with one attached hydrogen (secondary N) is 1. The second-order valence-electron chi connectivity index (χ2n) is 5.16. The SMILES string of the molecule is CONC(=O)C(C)c1ccc(Oc2nc3ccc(Cl)cc3s2)cc1. The van der Waals surface area contributed by atoms with Gasteiger partial charge in [0.05, 0.1) is 23.2 Å². The molecule has 1 unspecified atom stereocenters. The molecule has 1 amide bonds. The number of carbonyl (C=O) groups excluding carboxylic acids is 1. The molecule has 0 aliphatic carbocycles. The van der Waals surface area contributed by atoms with Gasteiger partial charge in [-0.3, -0.25) is 9.63 Å². The minimum atomic E-state index is -0.316. The number of carbonyl (C=O) groups is 1. The van der Waals surface area contributed by atoms with Crippen molar-refractivity contribution in [2.75, 3.05) is 7.11 Å². The molecule has 0 bridgehead atoms. The second kappa shape index (κ2) is 7.17. The molecular formula is C17H15ClN2O3S. The van der Waals surface area contributed by atoms with Gasteiger partial charge in [0, 0.05) is 5.02 Å². The topological polar surface area (TPSA) is 60.5 Å². The molecule has 5 nitrogen and oxygen atoms in total. The Kier molecular flexibility index (Phi) is 4.99. The number of thiazole rings is 1. The number of ether oxygens (including phenoxy) is 1. The van der Waals surface area contributed by atoms with E-state index in [-0.39, 0.29) is 11.8 Å². The Morgan fingerprint density at radius 2 is 2.00 bits per heavy atom. The number of rotatable bonds is 5. The van der Waals surface area contributed by atoms with Crippen LogP contribution < -0.4 is 10.2 Å². The van der Waals surface area contributed by atoms with Gasteiger partial charge in [-0.2, -0.15) is 0 Å². The number of amides is 1. The highest BCUT2D eigenvalue weighted by atomic mass is 35.5. The summed E-state index contributed by atoms with van der Waals surface area (Å²) in [6.07, 6.45) is 0. The molecule has 0 spiro atoms. The highest BCUT2D eigenvalue weighted by Gasteiger charge is 2.15. The lowest BCUT2D eigenvalue weighted by Crippen LogP contribution is -2.26. The molecule has 0 radical (unpaired) electrons. The number of aromatic nitrogens is 1. The highest BCUT2D eigenvalue weighted by molar-refractivity contribution is 7.20. The fraction of sp³-hybridized carbons (Fsp3) is 0.176. The van der Waals surface area contributed by atoms with Crippen molar-refractivity contribution in [2.45, 2.75) is 12.8 Å². The Morgan fingerprint density at radius 1 is 1.25 bits per heavy atom. The first-order chi connectivity index (χ1) is 11.6. The quantitative estimate of drug-likeness (QED) is 0.678. The van der Waals surface area contributed by atoms with Gasteiger partial charge in [-0.25, -0.2) is 10.5 Å². The first kappa shape index (κ1) is 16.7. The minimum absolute atomic E-state index is 0.200. The molecule has 24 heavy (non-hydrogen) atoms. The van der Waals surface area contributed by atoms with Gasteiger partial charge in [0.15, 0.2) is 0 Å². The van der Waals surface area contributed by atoms with Crippen LogP contribution in [-0.4, -0.2) is 18.0 Å². The highest BCUT2D eigenvalue weighted by Crippen LogP contribution is 2.33. The normalized spacial score (nSPS) is 12.1. The van der Waals surface area contributed by atoms with Crippen molar-refractivity contribution < 1.29 is 14.4 Å². The Balaban J connectivity index is 1.74. The molecule has 0 saturated heterocycles. The smallest absolute Gasteiger partial charge is 0.279 e.